The molecule has 2 aromatic rings. The van der Waals surface area contributed by atoms with E-state index in [9.17, 15) is 29.3 Å². The molecule has 0 saturated carbocycles. The summed E-state index contributed by atoms with van der Waals surface area (Å²) in [5.74, 6) is -3.01. The van der Waals surface area contributed by atoms with Crippen molar-refractivity contribution in [2.75, 3.05) is 13.2 Å². The quantitative estimate of drug-likeness (QED) is 0.309. The van der Waals surface area contributed by atoms with Crippen molar-refractivity contribution < 1.29 is 28.8 Å². The summed E-state index contributed by atoms with van der Waals surface area (Å²) in [6, 6.07) is 11.7. The zero-order valence-electron chi connectivity index (χ0n) is 16.6. The van der Waals surface area contributed by atoms with E-state index in [0.29, 0.717) is 5.56 Å². The fraction of sp³-hybridized carbons (Fsp3) is 0.238. The molecule has 2 aromatic carbocycles. The van der Waals surface area contributed by atoms with E-state index in [4.69, 9.17) is 4.74 Å². The molecule has 31 heavy (non-hydrogen) atoms. The van der Waals surface area contributed by atoms with E-state index in [1.54, 1.807) is 18.2 Å². The van der Waals surface area contributed by atoms with Crippen LogP contribution in [-0.2, 0) is 14.3 Å². The summed E-state index contributed by atoms with van der Waals surface area (Å²) >= 11 is 0. The van der Waals surface area contributed by atoms with Crippen molar-refractivity contribution in [2.45, 2.75) is 13.3 Å². The fourth-order valence-electron chi connectivity index (χ4n) is 3.05. The topological polar surface area (TPSA) is 136 Å². The highest BCUT2D eigenvalue weighted by atomic mass is 16.6. The van der Waals surface area contributed by atoms with Crippen molar-refractivity contribution in [3.8, 4) is 0 Å². The first-order valence-corrected chi connectivity index (χ1v) is 9.37. The van der Waals surface area contributed by atoms with Crippen molar-refractivity contribution in [3.63, 3.8) is 0 Å². The van der Waals surface area contributed by atoms with E-state index in [0.717, 1.165) is 10.6 Å². The molecule has 3 rings (SSSR count). The van der Waals surface area contributed by atoms with Crippen LogP contribution in [0, 0.1) is 23.0 Å². The number of nitrogens with one attached hydrogen (secondary N) is 1. The number of ether oxygens (including phenoxy) is 1. The standard InChI is InChI=1S/C21H19N3O7/c1-13-3-2-4-15(9-13)20(27)22-23-11-16(10-19(23)26)21(28)31-12-18(25)14-5-7-17(8-6-14)24(29)30/h2-9,16H,10-12H2,1H3,(H,22,27). The third-order valence-electron chi connectivity index (χ3n) is 4.72. The Balaban J connectivity index is 1.52. The number of hydrogen-bond acceptors (Lipinski definition) is 7. The van der Waals surface area contributed by atoms with Crippen LogP contribution in [0.5, 0.6) is 0 Å². The Morgan fingerprint density at radius 3 is 2.52 bits per heavy atom. The van der Waals surface area contributed by atoms with Crippen molar-refractivity contribution in [2.24, 2.45) is 5.92 Å². The van der Waals surface area contributed by atoms with Gasteiger partial charge >= 0.3 is 5.97 Å². The number of carbonyl (C=O) groups excluding carboxylic acids is 4. The summed E-state index contributed by atoms with van der Waals surface area (Å²) in [6.07, 6.45) is -0.154. The highest BCUT2D eigenvalue weighted by molar-refractivity contribution is 5.99. The second-order valence-electron chi connectivity index (χ2n) is 7.05. The van der Waals surface area contributed by atoms with Crippen molar-refractivity contribution in [1.82, 2.24) is 10.4 Å². The van der Waals surface area contributed by atoms with Crippen LogP contribution in [-0.4, -0.2) is 46.7 Å². The molecule has 2 amide bonds. The van der Waals surface area contributed by atoms with Gasteiger partial charge in [0, 0.05) is 29.7 Å². The van der Waals surface area contributed by atoms with Gasteiger partial charge in [0.2, 0.25) is 5.91 Å². The van der Waals surface area contributed by atoms with Crippen LogP contribution in [0.15, 0.2) is 48.5 Å². The number of non-ortho nitro benzene ring substituents is 1. The Bertz CT molecular complexity index is 1050. The van der Waals surface area contributed by atoms with Crippen LogP contribution in [0.3, 0.4) is 0 Å². The van der Waals surface area contributed by atoms with E-state index in [-0.39, 0.29) is 24.2 Å². The summed E-state index contributed by atoms with van der Waals surface area (Å²) < 4.78 is 5.01. The molecular weight excluding hydrogens is 406 g/mol. The third kappa shape index (κ3) is 5.30. The lowest BCUT2D eigenvalue weighted by molar-refractivity contribution is -0.384. The molecule has 10 nitrogen and oxygen atoms in total. The first-order valence-electron chi connectivity index (χ1n) is 9.37. The van der Waals surface area contributed by atoms with E-state index in [1.807, 2.05) is 13.0 Å². The summed E-state index contributed by atoms with van der Waals surface area (Å²) in [6.45, 7) is 1.21. The Labute approximate surface area is 176 Å². The Kier molecular flexibility index (Phi) is 6.39. The van der Waals surface area contributed by atoms with Gasteiger partial charge in [0.05, 0.1) is 17.4 Å². The zero-order chi connectivity index (χ0) is 22.5. The number of Topliss-reactive ketones (excluding diaryl/α,β-unsaturated/α-hetero) is 1. The summed E-state index contributed by atoms with van der Waals surface area (Å²) in [5, 5.41) is 11.7. The summed E-state index contributed by atoms with van der Waals surface area (Å²) in [5.41, 5.74) is 3.75. The molecule has 1 N–H and O–H groups in total. The van der Waals surface area contributed by atoms with E-state index >= 15 is 0 Å². The second-order valence-corrected chi connectivity index (χ2v) is 7.05. The minimum Gasteiger partial charge on any atom is -0.457 e. The number of nitrogens with zero attached hydrogens (tertiary/aromatic N) is 2. The molecule has 10 heteroatoms. The average molecular weight is 425 g/mol. The van der Waals surface area contributed by atoms with Gasteiger partial charge in [0.1, 0.15) is 0 Å². The van der Waals surface area contributed by atoms with Gasteiger partial charge in [-0.1, -0.05) is 17.7 Å². The number of carbonyl (C=O) groups is 4. The maximum atomic E-state index is 12.3. The molecule has 1 fully saturated rings. The zero-order valence-corrected chi connectivity index (χ0v) is 16.6. The SMILES string of the molecule is Cc1cccc(C(=O)NN2CC(C(=O)OCC(=O)c3ccc([N+](=O)[O-])cc3)CC2=O)c1. The number of hydrogen-bond donors (Lipinski definition) is 1. The van der Waals surface area contributed by atoms with E-state index < -0.39 is 41.0 Å². The largest absolute Gasteiger partial charge is 0.457 e. The molecule has 1 aliphatic rings. The highest BCUT2D eigenvalue weighted by Crippen LogP contribution is 2.19. The predicted molar refractivity (Wildman–Crippen MR) is 107 cm³/mol. The van der Waals surface area contributed by atoms with Crippen LogP contribution in [0.2, 0.25) is 0 Å². The number of aryl methyl sites for hydroxylation is 1. The van der Waals surface area contributed by atoms with Gasteiger partial charge in [-0.3, -0.25) is 39.7 Å². The second kappa shape index (κ2) is 9.16. The lowest BCUT2D eigenvalue weighted by Crippen LogP contribution is -2.43. The number of rotatable bonds is 7. The Morgan fingerprint density at radius 2 is 1.87 bits per heavy atom. The number of nitro benzene ring substituents is 1. The molecule has 1 unspecified atom stereocenters. The number of esters is 1. The van der Waals surface area contributed by atoms with Gasteiger partial charge in [-0.15, -0.1) is 0 Å². The van der Waals surface area contributed by atoms with E-state index in [2.05, 4.69) is 5.43 Å². The summed E-state index contributed by atoms with van der Waals surface area (Å²) in [4.78, 5) is 58.9. The lowest BCUT2D eigenvalue weighted by atomic mass is 10.1. The summed E-state index contributed by atoms with van der Waals surface area (Å²) in [7, 11) is 0. The maximum Gasteiger partial charge on any atom is 0.311 e. The van der Waals surface area contributed by atoms with Crippen LogP contribution in [0.25, 0.3) is 0 Å². The molecule has 0 spiro atoms. The first-order chi connectivity index (χ1) is 14.7. The van der Waals surface area contributed by atoms with Gasteiger partial charge in [-0.2, -0.15) is 0 Å². The lowest BCUT2D eigenvalue weighted by Gasteiger charge is -2.17. The van der Waals surface area contributed by atoms with Gasteiger partial charge < -0.3 is 4.74 Å². The average Bonchev–Trinajstić information content (AvgIpc) is 3.12. The molecule has 0 aliphatic carbocycles. The van der Waals surface area contributed by atoms with Crippen LogP contribution in [0.4, 0.5) is 5.69 Å². The number of benzene rings is 2. The molecule has 0 bridgehead atoms. The number of ketones is 1. The van der Waals surface area contributed by atoms with Crippen molar-refractivity contribution >= 4 is 29.3 Å². The molecule has 1 atom stereocenters. The van der Waals surface area contributed by atoms with Crippen LogP contribution in [0.1, 0.15) is 32.7 Å². The molecule has 1 heterocycles. The highest BCUT2D eigenvalue weighted by Gasteiger charge is 2.36. The molecule has 160 valence electrons. The van der Waals surface area contributed by atoms with Gasteiger partial charge in [0.15, 0.2) is 12.4 Å². The normalized spacial score (nSPS) is 15.5. The molecule has 1 saturated heterocycles. The Hall–Kier alpha value is -4.08. The van der Waals surface area contributed by atoms with Gasteiger partial charge in [-0.25, -0.2) is 0 Å². The molecular formula is C21H19N3O7. The van der Waals surface area contributed by atoms with Gasteiger partial charge in [-0.05, 0) is 31.2 Å². The molecule has 1 aliphatic heterocycles. The predicted octanol–water partition coefficient (Wildman–Crippen LogP) is 1.82. The number of hydrazine groups is 1. The van der Waals surface area contributed by atoms with E-state index in [1.165, 1.54) is 24.3 Å². The smallest absolute Gasteiger partial charge is 0.311 e. The number of nitro groups is 1. The van der Waals surface area contributed by atoms with Crippen molar-refractivity contribution in [1.29, 1.82) is 0 Å². The monoisotopic (exact) mass is 425 g/mol. The Morgan fingerprint density at radius 1 is 1.16 bits per heavy atom. The number of amides is 2. The molecule has 0 aromatic heterocycles. The molecule has 0 radical (unpaired) electrons. The van der Waals surface area contributed by atoms with Gasteiger partial charge in [0.25, 0.3) is 11.6 Å². The maximum absolute atomic E-state index is 12.3. The van der Waals surface area contributed by atoms with Crippen LogP contribution >= 0.6 is 0 Å². The minimum atomic E-state index is -0.824. The first kappa shape index (κ1) is 21.6. The van der Waals surface area contributed by atoms with Crippen molar-refractivity contribution in [3.05, 3.63) is 75.3 Å². The third-order valence-corrected chi connectivity index (χ3v) is 4.72. The minimum absolute atomic E-state index is 0.0685. The fourth-order valence-corrected chi connectivity index (χ4v) is 3.05. The van der Waals surface area contributed by atoms with Crippen LogP contribution < -0.4 is 5.43 Å².